The highest BCUT2D eigenvalue weighted by Crippen LogP contribution is 2.16. The number of aryl methyl sites for hydroxylation is 1. The number of hydrogen-bond acceptors (Lipinski definition) is 5. The highest BCUT2D eigenvalue weighted by atomic mass is 19.1. The van der Waals surface area contributed by atoms with Gasteiger partial charge < -0.3 is 14.6 Å². The zero-order valence-corrected chi connectivity index (χ0v) is 18.8. The van der Waals surface area contributed by atoms with E-state index in [0.29, 0.717) is 18.7 Å². The van der Waals surface area contributed by atoms with Gasteiger partial charge in [0, 0.05) is 19.3 Å². The van der Waals surface area contributed by atoms with E-state index < -0.39 is 29.5 Å². The lowest BCUT2D eigenvalue weighted by molar-refractivity contribution is -0.116. The van der Waals surface area contributed by atoms with E-state index in [-0.39, 0.29) is 23.4 Å². The quantitative estimate of drug-likeness (QED) is 0.430. The number of rotatable bonds is 8. The van der Waals surface area contributed by atoms with E-state index >= 15 is 0 Å². The van der Waals surface area contributed by atoms with Crippen LogP contribution in [-0.2, 0) is 29.2 Å². The fourth-order valence-corrected chi connectivity index (χ4v) is 3.71. The number of nitrogens with zero attached hydrogens (tertiary/aromatic N) is 4. The van der Waals surface area contributed by atoms with Gasteiger partial charge in [-0.1, -0.05) is 36.4 Å². The molecule has 4 rings (SSSR count). The normalized spacial score (nSPS) is 11.1. The molecule has 0 spiro atoms. The Balaban J connectivity index is 1.78. The third-order valence-corrected chi connectivity index (χ3v) is 5.48. The lowest BCUT2D eigenvalue weighted by Gasteiger charge is -2.13. The predicted octanol–water partition coefficient (Wildman–Crippen LogP) is 2.14. The minimum atomic E-state index is -0.663. The molecule has 2 aromatic heterocycles. The number of carbonyl (C=O) groups excluding carboxylic acids is 1. The van der Waals surface area contributed by atoms with Crippen LogP contribution in [0.1, 0.15) is 11.1 Å². The monoisotopic (exact) mass is 465 g/mol. The maximum atomic E-state index is 13.6. The number of methoxy groups -OCH3 is 1. The van der Waals surface area contributed by atoms with Crippen LogP contribution in [0.5, 0.6) is 0 Å². The average molecular weight is 465 g/mol. The summed E-state index contributed by atoms with van der Waals surface area (Å²) in [5.41, 5.74) is 0.885. The first-order chi connectivity index (χ1) is 16.4. The second kappa shape index (κ2) is 9.84. The van der Waals surface area contributed by atoms with Gasteiger partial charge in [-0.25, -0.2) is 18.7 Å². The highest BCUT2D eigenvalue weighted by Gasteiger charge is 2.20. The number of fused-ring (bicyclic) bond motifs is 1. The summed E-state index contributed by atoms with van der Waals surface area (Å²) in [5.74, 6) is -1.13. The molecule has 0 unspecified atom stereocenters. The summed E-state index contributed by atoms with van der Waals surface area (Å²) in [7, 11) is 1.54. The Bertz CT molecular complexity index is 1460. The van der Waals surface area contributed by atoms with Gasteiger partial charge in [-0.2, -0.15) is 0 Å². The van der Waals surface area contributed by atoms with Crippen molar-refractivity contribution in [3.63, 3.8) is 0 Å². The van der Waals surface area contributed by atoms with Gasteiger partial charge in [-0.15, -0.1) is 0 Å². The number of nitrogens with one attached hydrogen (secondary N) is 1. The van der Waals surface area contributed by atoms with Crippen LogP contribution in [0, 0.1) is 12.7 Å². The first kappa shape index (κ1) is 23.1. The van der Waals surface area contributed by atoms with Crippen LogP contribution in [0.15, 0.2) is 64.4 Å². The van der Waals surface area contributed by atoms with Gasteiger partial charge in [-0.3, -0.25) is 14.2 Å². The lowest BCUT2D eigenvalue weighted by Crippen LogP contribution is -2.43. The van der Waals surface area contributed by atoms with Crippen LogP contribution in [0.3, 0.4) is 0 Å². The highest BCUT2D eigenvalue weighted by molar-refractivity contribution is 5.91. The summed E-state index contributed by atoms with van der Waals surface area (Å²) in [4.78, 5) is 43.7. The Hall–Kier alpha value is -4.05. The summed E-state index contributed by atoms with van der Waals surface area (Å²) in [6, 6.07) is 13.3. The molecule has 2 heterocycles. The number of amides is 1. The molecule has 176 valence electrons. The largest absolute Gasteiger partial charge is 0.383 e. The molecule has 1 N–H and O–H groups in total. The van der Waals surface area contributed by atoms with Gasteiger partial charge in [-0.05, 0) is 30.2 Å². The number of aromatic nitrogens is 4. The summed E-state index contributed by atoms with van der Waals surface area (Å²) in [5, 5.41) is 2.58. The van der Waals surface area contributed by atoms with Crippen molar-refractivity contribution in [2.45, 2.75) is 26.6 Å². The average Bonchev–Trinajstić information content (AvgIpc) is 3.25. The zero-order valence-electron chi connectivity index (χ0n) is 18.8. The minimum absolute atomic E-state index is 0.169. The lowest BCUT2D eigenvalue weighted by atomic mass is 10.2. The molecule has 0 saturated carbocycles. The molecule has 0 aliphatic heterocycles. The molecule has 0 atom stereocenters. The molecule has 1 amide bonds. The first-order valence-corrected chi connectivity index (χ1v) is 10.7. The Labute approximate surface area is 194 Å². The molecule has 0 fully saturated rings. The van der Waals surface area contributed by atoms with Gasteiger partial charge >= 0.3 is 5.69 Å². The van der Waals surface area contributed by atoms with Gasteiger partial charge in [0.05, 0.1) is 19.5 Å². The number of imidazole rings is 1. The predicted molar refractivity (Wildman–Crippen MR) is 125 cm³/mol. The fraction of sp³-hybridized carbons (Fsp3) is 0.250. The summed E-state index contributed by atoms with van der Waals surface area (Å²) in [6.45, 7) is 2.03. The van der Waals surface area contributed by atoms with Crippen molar-refractivity contribution in [2.24, 2.45) is 0 Å². The van der Waals surface area contributed by atoms with Crippen LogP contribution in [0.2, 0.25) is 0 Å². The molecular weight excluding hydrogens is 441 g/mol. The number of benzene rings is 2. The maximum Gasteiger partial charge on any atom is 0.333 e. The molecule has 2 aromatic carbocycles. The van der Waals surface area contributed by atoms with Crippen molar-refractivity contribution in [1.82, 2.24) is 18.7 Å². The van der Waals surface area contributed by atoms with Crippen LogP contribution in [0.4, 0.5) is 10.1 Å². The van der Waals surface area contributed by atoms with Crippen molar-refractivity contribution >= 4 is 22.8 Å². The van der Waals surface area contributed by atoms with E-state index in [1.165, 1.54) is 29.1 Å². The zero-order chi connectivity index (χ0) is 24.2. The molecule has 0 saturated heterocycles. The second-order valence-corrected chi connectivity index (χ2v) is 7.86. The number of hydrogen-bond donors (Lipinski definition) is 1. The third kappa shape index (κ3) is 4.67. The summed E-state index contributed by atoms with van der Waals surface area (Å²) in [6.07, 6.45) is 1.48. The second-order valence-electron chi connectivity index (χ2n) is 7.86. The number of carbonyl (C=O) groups is 1. The Kier molecular flexibility index (Phi) is 6.69. The van der Waals surface area contributed by atoms with Crippen molar-refractivity contribution in [1.29, 1.82) is 0 Å². The summed E-state index contributed by atoms with van der Waals surface area (Å²) < 4.78 is 22.6. The van der Waals surface area contributed by atoms with E-state index in [4.69, 9.17) is 4.74 Å². The number of anilines is 1. The van der Waals surface area contributed by atoms with Crippen LogP contribution < -0.4 is 16.6 Å². The Morgan fingerprint density at radius 3 is 2.62 bits per heavy atom. The van der Waals surface area contributed by atoms with Gasteiger partial charge in [0.25, 0.3) is 5.56 Å². The van der Waals surface area contributed by atoms with E-state index in [2.05, 4.69) is 10.3 Å². The molecule has 0 aliphatic rings. The molecule has 34 heavy (non-hydrogen) atoms. The van der Waals surface area contributed by atoms with Crippen molar-refractivity contribution in [3.05, 3.63) is 92.6 Å². The first-order valence-electron chi connectivity index (χ1n) is 10.7. The van der Waals surface area contributed by atoms with Crippen molar-refractivity contribution < 1.29 is 13.9 Å². The molecule has 10 heteroatoms. The molecule has 0 aliphatic carbocycles. The van der Waals surface area contributed by atoms with E-state index in [1.807, 2.05) is 30.3 Å². The maximum absolute atomic E-state index is 13.6. The smallest absolute Gasteiger partial charge is 0.333 e. The van der Waals surface area contributed by atoms with Gasteiger partial charge in [0.1, 0.15) is 12.4 Å². The molecule has 4 aromatic rings. The number of ether oxygens (including phenoxy) is 1. The number of halogens is 1. The Morgan fingerprint density at radius 2 is 1.88 bits per heavy atom. The molecular formula is C24H24FN5O4. The van der Waals surface area contributed by atoms with Crippen LogP contribution >= 0.6 is 0 Å². The topological polar surface area (TPSA) is 100 Å². The SMILES string of the molecule is COCCn1cnc2c1c(=O)n(CC(=O)Nc1cc(F)ccc1C)c(=O)n2Cc1ccccc1. The molecule has 0 radical (unpaired) electrons. The van der Waals surface area contributed by atoms with Crippen molar-refractivity contribution in [2.75, 3.05) is 19.0 Å². The minimum Gasteiger partial charge on any atom is -0.383 e. The molecule has 0 bridgehead atoms. The van der Waals surface area contributed by atoms with E-state index in [1.54, 1.807) is 18.6 Å². The van der Waals surface area contributed by atoms with Crippen LogP contribution in [0.25, 0.3) is 11.2 Å². The van der Waals surface area contributed by atoms with E-state index in [9.17, 15) is 18.8 Å². The third-order valence-electron chi connectivity index (χ3n) is 5.48. The fourth-order valence-electron chi connectivity index (χ4n) is 3.71. The summed E-state index contributed by atoms with van der Waals surface area (Å²) >= 11 is 0. The van der Waals surface area contributed by atoms with E-state index in [0.717, 1.165) is 10.1 Å². The molecule has 9 nitrogen and oxygen atoms in total. The van der Waals surface area contributed by atoms with Gasteiger partial charge in [0.2, 0.25) is 5.91 Å². The van der Waals surface area contributed by atoms with Crippen molar-refractivity contribution in [3.8, 4) is 0 Å². The standard InChI is InChI=1S/C24H24FN5O4/c1-16-8-9-18(25)12-19(16)27-20(31)14-30-23(32)21-22(26-15-28(21)10-11-34-2)29(24(30)33)13-17-6-4-3-5-7-17/h3-9,12,15H,10-11,13-14H2,1-2H3,(H,27,31). The Morgan fingerprint density at radius 1 is 1.12 bits per heavy atom. The van der Waals surface area contributed by atoms with Crippen LogP contribution in [-0.4, -0.2) is 38.3 Å². The van der Waals surface area contributed by atoms with Gasteiger partial charge in [0.15, 0.2) is 11.2 Å².